The Balaban J connectivity index is 1.84. The van der Waals surface area contributed by atoms with Crippen molar-refractivity contribution in [3.05, 3.63) is 57.6 Å². The van der Waals surface area contributed by atoms with E-state index in [0.29, 0.717) is 45.8 Å². The van der Waals surface area contributed by atoms with Crippen molar-refractivity contribution in [2.75, 3.05) is 27.3 Å². The number of nitrogens with zero attached hydrogens (tertiary/aromatic N) is 3. The molecule has 0 atom stereocenters. The number of hydrogen-bond acceptors (Lipinski definition) is 6. The zero-order valence-electron chi connectivity index (χ0n) is 17.7. The van der Waals surface area contributed by atoms with Crippen molar-refractivity contribution in [2.45, 2.75) is 24.2 Å². The van der Waals surface area contributed by atoms with Gasteiger partial charge in [0.25, 0.3) is 0 Å². The van der Waals surface area contributed by atoms with Crippen molar-refractivity contribution in [1.29, 1.82) is 0 Å². The molecule has 170 valence electrons. The van der Waals surface area contributed by atoms with Gasteiger partial charge in [-0.1, -0.05) is 11.6 Å². The van der Waals surface area contributed by atoms with E-state index in [2.05, 4.69) is 10.2 Å². The molecule has 4 rings (SSSR count). The Hall–Kier alpha value is -2.40. The van der Waals surface area contributed by atoms with E-state index in [1.165, 1.54) is 24.6 Å². The highest BCUT2D eigenvalue weighted by molar-refractivity contribution is 7.89. The molecule has 0 saturated carbocycles. The Morgan fingerprint density at radius 1 is 1.09 bits per heavy atom. The molecule has 0 aliphatic carbocycles. The van der Waals surface area contributed by atoms with E-state index in [1.807, 2.05) is 12.1 Å². The van der Waals surface area contributed by atoms with Gasteiger partial charge in [0.1, 0.15) is 5.82 Å². The van der Waals surface area contributed by atoms with Crippen LogP contribution >= 0.6 is 23.8 Å². The van der Waals surface area contributed by atoms with Gasteiger partial charge in [-0.3, -0.25) is 9.67 Å². The summed E-state index contributed by atoms with van der Waals surface area (Å²) in [5.74, 6) is 1.35. The molecule has 32 heavy (non-hydrogen) atoms. The molecule has 1 N–H and O–H groups in total. The third-order valence-electron chi connectivity index (χ3n) is 5.42. The number of sulfonamides is 1. The van der Waals surface area contributed by atoms with Crippen LogP contribution in [0.15, 0.2) is 41.3 Å². The Bertz CT molecular complexity index is 1280. The van der Waals surface area contributed by atoms with E-state index >= 15 is 0 Å². The molecule has 0 bridgehead atoms. The summed E-state index contributed by atoms with van der Waals surface area (Å²) in [6.45, 7) is 0.999. The van der Waals surface area contributed by atoms with Crippen LogP contribution in [0.1, 0.15) is 24.2 Å². The summed E-state index contributed by atoms with van der Waals surface area (Å²) in [5, 5.41) is 7.76. The number of aromatic amines is 1. The first-order valence-corrected chi connectivity index (χ1v) is 12.2. The van der Waals surface area contributed by atoms with Gasteiger partial charge >= 0.3 is 0 Å². The van der Waals surface area contributed by atoms with Gasteiger partial charge in [0, 0.05) is 36.3 Å². The largest absolute Gasteiger partial charge is 0.493 e. The van der Waals surface area contributed by atoms with E-state index in [0.717, 1.165) is 18.5 Å². The standard InChI is InChI=1S/C21H23ClN4O4S2/c1-29-17-11-14(19(13-18(17)30-2)32(27,28)25-9-3-4-10-25)12-20-23-24-21(31)26(20)16-7-5-15(22)6-8-16/h5-8,11,13H,3-4,9-10,12H2,1-2H3,(H,24,31). The Morgan fingerprint density at radius 3 is 2.34 bits per heavy atom. The minimum absolute atomic E-state index is 0.175. The normalized spacial score (nSPS) is 14.6. The van der Waals surface area contributed by atoms with Crippen LogP contribution in [-0.2, 0) is 16.4 Å². The number of rotatable bonds is 7. The number of methoxy groups -OCH3 is 2. The second-order valence-corrected chi connectivity index (χ2v) is 10.1. The predicted molar refractivity (Wildman–Crippen MR) is 124 cm³/mol. The molecule has 1 fully saturated rings. The molecule has 1 aromatic heterocycles. The minimum Gasteiger partial charge on any atom is -0.493 e. The zero-order valence-corrected chi connectivity index (χ0v) is 20.1. The molecule has 1 aliphatic heterocycles. The molecule has 8 nitrogen and oxygen atoms in total. The Morgan fingerprint density at radius 2 is 1.72 bits per heavy atom. The summed E-state index contributed by atoms with van der Waals surface area (Å²) in [7, 11) is -0.721. The zero-order chi connectivity index (χ0) is 22.9. The molecule has 0 spiro atoms. The van der Waals surface area contributed by atoms with Crippen molar-refractivity contribution in [3.63, 3.8) is 0 Å². The quantitative estimate of drug-likeness (QED) is 0.500. The number of H-pyrrole nitrogens is 1. The van der Waals surface area contributed by atoms with Crippen LogP contribution < -0.4 is 9.47 Å². The monoisotopic (exact) mass is 494 g/mol. The maximum absolute atomic E-state index is 13.5. The third-order valence-corrected chi connectivity index (χ3v) is 7.93. The van der Waals surface area contributed by atoms with E-state index in [1.54, 1.807) is 22.8 Å². The second-order valence-electron chi connectivity index (χ2n) is 7.36. The van der Waals surface area contributed by atoms with Gasteiger partial charge in [-0.25, -0.2) is 8.42 Å². The molecule has 0 unspecified atom stereocenters. The summed E-state index contributed by atoms with van der Waals surface area (Å²) in [4.78, 5) is 0.175. The lowest BCUT2D eigenvalue weighted by molar-refractivity contribution is 0.353. The molecule has 11 heteroatoms. The average molecular weight is 495 g/mol. The van der Waals surface area contributed by atoms with Gasteiger partial charge in [-0.2, -0.15) is 9.40 Å². The summed E-state index contributed by atoms with van der Waals surface area (Å²) >= 11 is 11.4. The first kappa shape index (κ1) is 22.8. The van der Waals surface area contributed by atoms with Crippen LogP contribution in [0.5, 0.6) is 11.5 Å². The second kappa shape index (κ2) is 9.22. The number of ether oxygens (including phenoxy) is 2. The molecule has 3 aromatic rings. The molecular weight excluding hydrogens is 472 g/mol. The summed E-state index contributed by atoms with van der Waals surface area (Å²) in [6.07, 6.45) is 1.90. The van der Waals surface area contributed by atoms with Gasteiger partial charge in [-0.15, -0.1) is 0 Å². The van der Waals surface area contributed by atoms with Crippen molar-refractivity contribution in [3.8, 4) is 17.2 Å². The smallest absolute Gasteiger partial charge is 0.243 e. The highest BCUT2D eigenvalue weighted by Gasteiger charge is 2.31. The van der Waals surface area contributed by atoms with Gasteiger partial charge in [-0.05, 0) is 61.0 Å². The molecular formula is C21H23ClN4O4S2. The minimum atomic E-state index is -3.72. The van der Waals surface area contributed by atoms with Crippen molar-refractivity contribution >= 4 is 33.8 Å². The SMILES string of the molecule is COc1cc(Cc2n[nH]c(=S)n2-c2ccc(Cl)cc2)c(S(=O)(=O)N2CCCC2)cc1OC. The van der Waals surface area contributed by atoms with Crippen LogP contribution in [0.2, 0.25) is 5.02 Å². The predicted octanol–water partition coefficient (Wildman–Crippen LogP) is 3.98. The third kappa shape index (κ3) is 4.27. The maximum Gasteiger partial charge on any atom is 0.243 e. The summed E-state index contributed by atoms with van der Waals surface area (Å²) in [6, 6.07) is 10.4. The van der Waals surface area contributed by atoms with Crippen LogP contribution in [0.4, 0.5) is 0 Å². The van der Waals surface area contributed by atoms with E-state index in [9.17, 15) is 8.42 Å². The Labute approximate surface area is 196 Å². The fourth-order valence-electron chi connectivity index (χ4n) is 3.82. The lowest BCUT2D eigenvalue weighted by Crippen LogP contribution is -2.29. The van der Waals surface area contributed by atoms with Crippen molar-refractivity contribution < 1.29 is 17.9 Å². The van der Waals surface area contributed by atoms with Gasteiger partial charge in [0.05, 0.1) is 19.1 Å². The van der Waals surface area contributed by atoms with Crippen LogP contribution in [0, 0.1) is 4.77 Å². The summed E-state index contributed by atoms with van der Waals surface area (Å²) in [5.41, 5.74) is 1.31. The highest BCUT2D eigenvalue weighted by atomic mass is 35.5. The number of benzene rings is 2. The van der Waals surface area contributed by atoms with Gasteiger partial charge < -0.3 is 9.47 Å². The first-order chi connectivity index (χ1) is 15.3. The van der Waals surface area contributed by atoms with Gasteiger partial charge in [0.15, 0.2) is 16.3 Å². The highest BCUT2D eigenvalue weighted by Crippen LogP contribution is 2.36. The fourth-order valence-corrected chi connectivity index (χ4v) is 5.94. The first-order valence-electron chi connectivity index (χ1n) is 10.0. The van der Waals surface area contributed by atoms with E-state index in [-0.39, 0.29) is 11.3 Å². The number of halogens is 1. The number of nitrogens with one attached hydrogen (secondary N) is 1. The van der Waals surface area contributed by atoms with Crippen molar-refractivity contribution in [2.24, 2.45) is 0 Å². The molecule has 2 aromatic carbocycles. The molecule has 0 radical (unpaired) electrons. The lowest BCUT2D eigenvalue weighted by atomic mass is 10.1. The van der Waals surface area contributed by atoms with Crippen LogP contribution in [-0.4, -0.2) is 54.8 Å². The topological polar surface area (TPSA) is 89.4 Å². The fraction of sp³-hybridized carbons (Fsp3) is 0.333. The van der Waals surface area contributed by atoms with Gasteiger partial charge in [0.2, 0.25) is 10.0 Å². The lowest BCUT2D eigenvalue weighted by Gasteiger charge is -2.20. The average Bonchev–Trinajstić information content (AvgIpc) is 3.45. The number of hydrogen-bond donors (Lipinski definition) is 1. The molecule has 1 saturated heterocycles. The van der Waals surface area contributed by atoms with E-state index < -0.39 is 10.0 Å². The van der Waals surface area contributed by atoms with Crippen LogP contribution in [0.25, 0.3) is 5.69 Å². The summed E-state index contributed by atoms with van der Waals surface area (Å²) < 4.78 is 41.4. The maximum atomic E-state index is 13.5. The van der Waals surface area contributed by atoms with Crippen LogP contribution in [0.3, 0.4) is 0 Å². The van der Waals surface area contributed by atoms with Crippen molar-refractivity contribution in [1.82, 2.24) is 19.1 Å². The molecule has 2 heterocycles. The van der Waals surface area contributed by atoms with E-state index in [4.69, 9.17) is 33.3 Å². The molecule has 0 amide bonds. The molecule has 1 aliphatic rings. The number of aromatic nitrogens is 3. The Kier molecular flexibility index (Phi) is 6.57.